The van der Waals surface area contributed by atoms with Crippen molar-refractivity contribution in [3.8, 4) is 6.07 Å². The Hall–Kier alpha value is -1.82. The van der Waals surface area contributed by atoms with Crippen LogP contribution in [0.2, 0.25) is 0 Å². The molecule has 0 saturated carbocycles. The number of rotatable bonds is 2. The summed E-state index contributed by atoms with van der Waals surface area (Å²) in [6.45, 7) is 7.70. The summed E-state index contributed by atoms with van der Waals surface area (Å²) in [5.74, 6) is 1.24. The van der Waals surface area contributed by atoms with Crippen molar-refractivity contribution in [1.29, 1.82) is 5.26 Å². The van der Waals surface area contributed by atoms with E-state index >= 15 is 0 Å². The Kier molecular flexibility index (Phi) is 3.90. The van der Waals surface area contributed by atoms with Crippen molar-refractivity contribution in [2.24, 2.45) is 11.8 Å². The number of benzene rings is 1. The van der Waals surface area contributed by atoms with Gasteiger partial charge in [-0.1, -0.05) is 13.8 Å². The molecule has 3 unspecified atom stereocenters. The van der Waals surface area contributed by atoms with Gasteiger partial charge in [0.25, 0.3) is 0 Å². The maximum absolute atomic E-state index is 10.8. The molecule has 3 heteroatoms. The van der Waals surface area contributed by atoms with Crippen molar-refractivity contribution in [2.75, 3.05) is 11.4 Å². The number of piperidine rings is 1. The lowest BCUT2D eigenvalue weighted by atomic mass is 9.85. The molecule has 0 spiro atoms. The van der Waals surface area contributed by atoms with Crippen LogP contribution in [0.5, 0.6) is 0 Å². The predicted molar refractivity (Wildman–Crippen MR) is 76.3 cm³/mol. The highest BCUT2D eigenvalue weighted by Gasteiger charge is 2.30. The van der Waals surface area contributed by atoms with Gasteiger partial charge >= 0.3 is 0 Å². The first kappa shape index (κ1) is 13.6. The van der Waals surface area contributed by atoms with E-state index < -0.39 is 0 Å². The van der Waals surface area contributed by atoms with E-state index in [0.717, 1.165) is 18.5 Å². The maximum Gasteiger partial charge on any atom is 0.150 e. The van der Waals surface area contributed by atoms with Gasteiger partial charge in [-0.2, -0.15) is 5.26 Å². The van der Waals surface area contributed by atoms with E-state index in [4.69, 9.17) is 0 Å². The van der Waals surface area contributed by atoms with E-state index in [1.807, 2.05) is 6.07 Å². The molecule has 1 aromatic rings. The Morgan fingerprint density at radius 3 is 2.74 bits per heavy atom. The van der Waals surface area contributed by atoms with E-state index in [1.54, 1.807) is 12.1 Å². The minimum atomic E-state index is 0.422. The van der Waals surface area contributed by atoms with Crippen molar-refractivity contribution in [2.45, 2.75) is 33.2 Å². The van der Waals surface area contributed by atoms with E-state index in [1.165, 1.54) is 6.42 Å². The van der Waals surface area contributed by atoms with Crippen LogP contribution in [0.3, 0.4) is 0 Å². The zero-order valence-corrected chi connectivity index (χ0v) is 11.8. The molecule has 1 aliphatic heterocycles. The lowest BCUT2D eigenvalue weighted by Crippen LogP contribution is -2.46. The molecule has 0 bridgehead atoms. The van der Waals surface area contributed by atoms with Crippen molar-refractivity contribution in [3.05, 3.63) is 29.3 Å². The minimum absolute atomic E-state index is 0.422. The molecule has 1 heterocycles. The van der Waals surface area contributed by atoms with Gasteiger partial charge in [-0.05, 0) is 43.4 Å². The van der Waals surface area contributed by atoms with Crippen LogP contribution in [0.4, 0.5) is 5.69 Å². The second kappa shape index (κ2) is 5.44. The molecule has 0 radical (unpaired) electrons. The molecule has 3 atom stereocenters. The number of nitrogens with zero attached hydrogens (tertiary/aromatic N) is 2. The molecule has 1 aromatic carbocycles. The first-order chi connectivity index (χ1) is 9.06. The van der Waals surface area contributed by atoms with Gasteiger partial charge < -0.3 is 4.90 Å². The highest BCUT2D eigenvalue weighted by molar-refractivity contribution is 5.78. The highest BCUT2D eigenvalue weighted by atomic mass is 16.1. The van der Waals surface area contributed by atoms with Crippen molar-refractivity contribution >= 4 is 12.0 Å². The largest absolute Gasteiger partial charge is 0.367 e. The van der Waals surface area contributed by atoms with Gasteiger partial charge in [-0.25, -0.2) is 0 Å². The fraction of sp³-hybridized carbons (Fsp3) is 0.500. The molecule has 2 rings (SSSR count). The molecule has 0 N–H and O–H groups in total. The van der Waals surface area contributed by atoms with Gasteiger partial charge in [0.1, 0.15) is 12.4 Å². The second-order valence-corrected chi connectivity index (χ2v) is 5.72. The van der Waals surface area contributed by atoms with Crippen LogP contribution < -0.4 is 4.90 Å². The maximum atomic E-state index is 10.8. The average Bonchev–Trinajstić information content (AvgIpc) is 2.42. The summed E-state index contributed by atoms with van der Waals surface area (Å²) >= 11 is 0. The first-order valence-corrected chi connectivity index (χ1v) is 6.82. The van der Waals surface area contributed by atoms with Crippen LogP contribution in [-0.2, 0) is 0 Å². The van der Waals surface area contributed by atoms with Crippen LogP contribution >= 0.6 is 0 Å². The Balaban J connectivity index is 2.40. The quantitative estimate of drug-likeness (QED) is 0.763. The number of carbonyl (C=O) groups excluding carboxylic acids is 1. The number of aldehydes is 1. The molecule has 0 amide bonds. The highest BCUT2D eigenvalue weighted by Crippen LogP contribution is 2.33. The topological polar surface area (TPSA) is 44.1 Å². The molecule has 1 aliphatic rings. The summed E-state index contributed by atoms with van der Waals surface area (Å²) in [6.07, 6.45) is 2.02. The average molecular weight is 256 g/mol. The number of hydrogen-bond donors (Lipinski definition) is 0. The van der Waals surface area contributed by atoms with Crippen molar-refractivity contribution < 1.29 is 4.79 Å². The number of hydrogen-bond acceptors (Lipinski definition) is 3. The van der Waals surface area contributed by atoms with Gasteiger partial charge in [-0.15, -0.1) is 0 Å². The summed E-state index contributed by atoms with van der Waals surface area (Å²) in [5.41, 5.74) is 2.11. The number of carbonyl (C=O) groups is 1. The van der Waals surface area contributed by atoms with Crippen LogP contribution in [0.25, 0.3) is 0 Å². The first-order valence-electron chi connectivity index (χ1n) is 6.82. The molecular weight excluding hydrogens is 236 g/mol. The summed E-state index contributed by atoms with van der Waals surface area (Å²) in [6, 6.07) is 8.02. The standard InChI is InChI=1S/C16H20N2O/c1-11-6-12(2)13(3)18(9-11)16-5-4-14(10-19)7-15(16)8-17/h4-5,7,10-13H,6,9H2,1-3H3. The fourth-order valence-corrected chi connectivity index (χ4v) is 3.00. The Bertz CT molecular complexity index is 518. The van der Waals surface area contributed by atoms with E-state index in [2.05, 4.69) is 31.7 Å². The molecule has 3 nitrogen and oxygen atoms in total. The SMILES string of the molecule is CC1CC(C)C(C)N(c2ccc(C=O)cc2C#N)C1. The molecule has 100 valence electrons. The monoisotopic (exact) mass is 256 g/mol. The lowest BCUT2D eigenvalue weighted by molar-refractivity contribution is 0.112. The van der Waals surface area contributed by atoms with Gasteiger partial charge in [0, 0.05) is 18.2 Å². The van der Waals surface area contributed by atoms with Gasteiger partial charge in [0.2, 0.25) is 0 Å². The van der Waals surface area contributed by atoms with Gasteiger partial charge in [0.15, 0.2) is 0 Å². The zero-order chi connectivity index (χ0) is 14.0. The summed E-state index contributed by atoms with van der Waals surface area (Å²) < 4.78 is 0. The molecule has 0 aromatic heterocycles. The van der Waals surface area contributed by atoms with Crippen LogP contribution in [-0.4, -0.2) is 18.9 Å². The number of nitriles is 1. The van der Waals surface area contributed by atoms with Crippen LogP contribution in [0, 0.1) is 23.2 Å². The fourth-order valence-electron chi connectivity index (χ4n) is 3.00. The minimum Gasteiger partial charge on any atom is -0.367 e. The lowest BCUT2D eigenvalue weighted by Gasteiger charge is -2.43. The third-order valence-electron chi connectivity index (χ3n) is 4.18. The van der Waals surface area contributed by atoms with Crippen molar-refractivity contribution in [1.82, 2.24) is 0 Å². The Morgan fingerprint density at radius 2 is 2.11 bits per heavy atom. The van der Waals surface area contributed by atoms with Gasteiger partial charge in [-0.3, -0.25) is 4.79 Å². The molecule has 0 aliphatic carbocycles. The number of anilines is 1. The van der Waals surface area contributed by atoms with Gasteiger partial charge in [0.05, 0.1) is 11.3 Å². The Morgan fingerprint density at radius 1 is 1.37 bits per heavy atom. The van der Waals surface area contributed by atoms with Crippen molar-refractivity contribution in [3.63, 3.8) is 0 Å². The summed E-state index contributed by atoms with van der Waals surface area (Å²) in [5, 5.41) is 9.29. The molecule has 1 fully saturated rings. The molecular formula is C16H20N2O. The van der Waals surface area contributed by atoms with Crippen LogP contribution in [0.1, 0.15) is 43.1 Å². The third-order valence-corrected chi connectivity index (χ3v) is 4.18. The second-order valence-electron chi connectivity index (χ2n) is 5.72. The third kappa shape index (κ3) is 2.63. The predicted octanol–water partition coefficient (Wildman–Crippen LogP) is 3.24. The van der Waals surface area contributed by atoms with Crippen LogP contribution in [0.15, 0.2) is 18.2 Å². The molecule has 19 heavy (non-hydrogen) atoms. The normalized spacial score (nSPS) is 26.8. The van der Waals surface area contributed by atoms with E-state index in [9.17, 15) is 10.1 Å². The Labute approximate surface area is 114 Å². The molecule has 1 saturated heterocycles. The zero-order valence-electron chi connectivity index (χ0n) is 11.8. The summed E-state index contributed by atoms with van der Waals surface area (Å²) in [7, 11) is 0. The van der Waals surface area contributed by atoms with E-state index in [0.29, 0.717) is 29.0 Å². The smallest absolute Gasteiger partial charge is 0.150 e. The summed E-state index contributed by atoms with van der Waals surface area (Å²) in [4.78, 5) is 13.1. The van der Waals surface area contributed by atoms with E-state index in [-0.39, 0.29) is 0 Å².